The van der Waals surface area contributed by atoms with Crippen LogP contribution >= 0.6 is 0 Å². The summed E-state index contributed by atoms with van der Waals surface area (Å²) in [4.78, 5) is 26.0. The lowest BCUT2D eigenvalue weighted by atomic mass is 10.0. The lowest BCUT2D eigenvalue weighted by Crippen LogP contribution is -2.33. The number of nitrogens with one attached hydrogen (secondary N) is 3. The highest BCUT2D eigenvalue weighted by molar-refractivity contribution is 6.03. The number of carbonyl (C=O) groups is 2. The number of alkyl halides is 3. The Bertz CT molecular complexity index is 1000. The Labute approximate surface area is 177 Å². The number of hydrogen-bond acceptors (Lipinski definition) is 3. The molecule has 3 amide bonds. The van der Waals surface area contributed by atoms with Crippen LogP contribution in [0.15, 0.2) is 36.4 Å². The number of hydrogen-bond donors (Lipinski definition) is 3. The summed E-state index contributed by atoms with van der Waals surface area (Å²) in [5.41, 5.74) is 2.34. The summed E-state index contributed by atoms with van der Waals surface area (Å²) in [5.74, 6) is -0.138. The van der Waals surface area contributed by atoms with Crippen molar-refractivity contribution >= 4 is 29.0 Å². The van der Waals surface area contributed by atoms with Gasteiger partial charge in [0.2, 0.25) is 5.91 Å². The van der Waals surface area contributed by atoms with E-state index in [1.54, 1.807) is 18.2 Å². The second kappa shape index (κ2) is 8.49. The highest BCUT2D eigenvalue weighted by atomic mass is 19.4. The summed E-state index contributed by atoms with van der Waals surface area (Å²) in [6.45, 7) is 1.47. The Hall–Kier alpha value is -3.23. The molecule has 0 aromatic heterocycles. The zero-order valence-corrected chi connectivity index (χ0v) is 16.8. The minimum atomic E-state index is -4.42. The van der Waals surface area contributed by atoms with Crippen molar-refractivity contribution in [3.63, 3.8) is 0 Å². The number of rotatable bonds is 4. The molecule has 2 aromatic rings. The zero-order chi connectivity index (χ0) is 22.0. The van der Waals surface area contributed by atoms with Crippen molar-refractivity contribution in [2.75, 3.05) is 28.6 Å². The molecule has 6 nitrogen and oxygen atoms in total. The highest BCUT2D eigenvalue weighted by Crippen LogP contribution is 2.34. The average molecular weight is 432 g/mol. The van der Waals surface area contributed by atoms with Crippen molar-refractivity contribution < 1.29 is 22.8 Å². The van der Waals surface area contributed by atoms with Crippen molar-refractivity contribution in [2.45, 2.75) is 38.4 Å². The van der Waals surface area contributed by atoms with Gasteiger partial charge in [0, 0.05) is 42.3 Å². The van der Waals surface area contributed by atoms with Gasteiger partial charge in [0.1, 0.15) is 0 Å². The monoisotopic (exact) mass is 432 g/mol. The molecule has 0 saturated carbocycles. The molecule has 2 aromatic carbocycles. The van der Waals surface area contributed by atoms with E-state index >= 15 is 0 Å². The van der Waals surface area contributed by atoms with Gasteiger partial charge in [0.25, 0.3) is 0 Å². The number of urea groups is 1. The quantitative estimate of drug-likeness (QED) is 0.666. The molecule has 164 valence electrons. The number of nitrogens with zero attached hydrogens (tertiary/aromatic N) is 1. The van der Waals surface area contributed by atoms with E-state index in [2.05, 4.69) is 16.0 Å². The zero-order valence-electron chi connectivity index (χ0n) is 16.8. The summed E-state index contributed by atoms with van der Waals surface area (Å²) in [7, 11) is 0. The van der Waals surface area contributed by atoms with E-state index in [1.165, 1.54) is 12.1 Å². The third-order valence-electron chi connectivity index (χ3n) is 5.58. The molecule has 0 radical (unpaired) electrons. The van der Waals surface area contributed by atoms with Crippen molar-refractivity contribution in [1.29, 1.82) is 0 Å². The predicted molar refractivity (Wildman–Crippen MR) is 112 cm³/mol. The molecule has 9 heteroatoms. The Kier molecular flexibility index (Phi) is 5.75. The smallest absolute Gasteiger partial charge is 0.371 e. The first kappa shape index (κ1) is 21.0. The number of amides is 3. The van der Waals surface area contributed by atoms with Crippen LogP contribution in [0.1, 0.15) is 36.0 Å². The van der Waals surface area contributed by atoms with E-state index in [1.807, 2.05) is 4.90 Å². The standard InChI is InChI=1S/C22H23F3N4O2/c23-22(24,25)15-8-7-14(19(11-15)29-9-2-1-3-10-29)13-26-21(31)28-18-6-4-5-17-16(18)12-20(30)27-17/h4-8,11H,1-3,9-10,12-13H2,(H,27,30)(H2,26,28,31). The first-order chi connectivity index (χ1) is 14.8. The minimum Gasteiger partial charge on any atom is -0.371 e. The van der Waals surface area contributed by atoms with Crippen LogP contribution < -0.4 is 20.9 Å². The Balaban J connectivity index is 1.48. The maximum atomic E-state index is 13.2. The van der Waals surface area contributed by atoms with E-state index < -0.39 is 17.8 Å². The van der Waals surface area contributed by atoms with Gasteiger partial charge in [-0.25, -0.2) is 4.79 Å². The third-order valence-corrected chi connectivity index (χ3v) is 5.58. The molecule has 2 aliphatic rings. The molecule has 3 N–H and O–H groups in total. The number of benzene rings is 2. The summed E-state index contributed by atoms with van der Waals surface area (Å²) in [6, 6.07) is 8.34. The van der Waals surface area contributed by atoms with Crippen LogP contribution in [-0.2, 0) is 23.9 Å². The van der Waals surface area contributed by atoms with Crippen molar-refractivity contribution in [3.05, 3.63) is 53.1 Å². The molecular weight excluding hydrogens is 409 g/mol. The molecule has 31 heavy (non-hydrogen) atoms. The van der Waals surface area contributed by atoms with Gasteiger partial charge >= 0.3 is 12.2 Å². The second-order valence-corrected chi connectivity index (χ2v) is 7.75. The fraction of sp³-hybridized carbons (Fsp3) is 0.364. The lowest BCUT2D eigenvalue weighted by Gasteiger charge is -2.31. The van der Waals surface area contributed by atoms with Gasteiger partial charge in [0.05, 0.1) is 12.0 Å². The molecule has 0 spiro atoms. The van der Waals surface area contributed by atoms with E-state index in [0.717, 1.165) is 25.3 Å². The van der Waals surface area contributed by atoms with Crippen LogP contribution in [0.3, 0.4) is 0 Å². The normalized spacial score (nSPS) is 16.0. The summed E-state index contributed by atoms with van der Waals surface area (Å²) >= 11 is 0. The molecule has 4 rings (SSSR count). The molecular formula is C22H23F3N4O2. The molecule has 0 aliphatic carbocycles. The Morgan fingerprint density at radius 2 is 1.87 bits per heavy atom. The van der Waals surface area contributed by atoms with Crippen LogP contribution in [0.5, 0.6) is 0 Å². The number of piperidine rings is 1. The van der Waals surface area contributed by atoms with Gasteiger partial charge in [-0.1, -0.05) is 12.1 Å². The molecule has 0 unspecified atom stereocenters. The molecule has 1 saturated heterocycles. The molecule has 0 bridgehead atoms. The van der Waals surface area contributed by atoms with Gasteiger partial charge in [-0.15, -0.1) is 0 Å². The first-order valence-corrected chi connectivity index (χ1v) is 10.2. The van der Waals surface area contributed by atoms with Gasteiger partial charge in [-0.05, 0) is 49.1 Å². The molecule has 1 fully saturated rings. The van der Waals surface area contributed by atoms with E-state index in [0.29, 0.717) is 41.3 Å². The van der Waals surface area contributed by atoms with Crippen LogP contribution in [-0.4, -0.2) is 25.0 Å². The first-order valence-electron chi connectivity index (χ1n) is 10.2. The third kappa shape index (κ3) is 4.76. The van der Waals surface area contributed by atoms with Gasteiger partial charge < -0.3 is 20.9 Å². The van der Waals surface area contributed by atoms with Gasteiger partial charge in [-0.2, -0.15) is 13.2 Å². The average Bonchev–Trinajstić information content (AvgIpc) is 3.13. The maximum absolute atomic E-state index is 13.2. The summed E-state index contributed by atoms with van der Waals surface area (Å²) < 4.78 is 39.7. The minimum absolute atomic E-state index is 0.0853. The number of anilines is 3. The molecule has 2 aliphatic heterocycles. The predicted octanol–water partition coefficient (Wildman–Crippen LogP) is 4.51. The number of halogens is 3. The topological polar surface area (TPSA) is 73.5 Å². The summed E-state index contributed by atoms with van der Waals surface area (Å²) in [5, 5.41) is 8.18. The van der Waals surface area contributed by atoms with Crippen molar-refractivity contribution in [1.82, 2.24) is 5.32 Å². The van der Waals surface area contributed by atoms with Crippen LogP contribution in [0.2, 0.25) is 0 Å². The SMILES string of the molecule is O=C1Cc2c(cccc2NC(=O)NCc2ccc(C(F)(F)F)cc2N2CCCCC2)N1. The molecule has 0 atom stereocenters. The Morgan fingerprint density at radius 1 is 1.10 bits per heavy atom. The lowest BCUT2D eigenvalue weighted by molar-refractivity contribution is -0.137. The molecule has 2 heterocycles. The summed E-state index contributed by atoms with van der Waals surface area (Å²) in [6.07, 6.45) is -1.33. The van der Waals surface area contributed by atoms with E-state index in [4.69, 9.17) is 0 Å². The number of carbonyl (C=O) groups excluding carboxylic acids is 2. The van der Waals surface area contributed by atoms with Crippen LogP contribution in [0.25, 0.3) is 0 Å². The largest absolute Gasteiger partial charge is 0.416 e. The number of fused-ring (bicyclic) bond motifs is 1. The maximum Gasteiger partial charge on any atom is 0.416 e. The van der Waals surface area contributed by atoms with Crippen molar-refractivity contribution in [2.24, 2.45) is 0 Å². The Morgan fingerprint density at radius 3 is 2.61 bits per heavy atom. The van der Waals surface area contributed by atoms with Gasteiger partial charge in [-0.3, -0.25) is 4.79 Å². The van der Waals surface area contributed by atoms with E-state index in [-0.39, 0.29) is 18.9 Å². The fourth-order valence-electron chi connectivity index (χ4n) is 4.03. The van der Waals surface area contributed by atoms with Gasteiger partial charge in [0.15, 0.2) is 0 Å². The fourth-order valence-corrected chi connectivity index (χ4v) is 4.03. The van der Waals surface area contributed by atoms with Crippen molar-refractivity contribution in [3.8, 4) is 0 Å². The van der Waals surface area contributed by atoms with Crippen LogP contribution in [0.4, 0.5) is 35.0 Å². The van der Waals surface area contributed by atoms with E-state index in [9.17, 15) is 22.8 Å². The second-order valence-electron chi connectivity index (χ2n) is 7.75. The van der Waals surface area contributed by atoms with Crippen LogP contribution in [0, 0.1) is 0 Å². The highest BCUT2D eigenvalue weighted by Gasteiger charge is 2.32.